The van der Waals surface area contributed by atoms with Crippen molar-refractivity contribution in [2.45, 2.75) is 64.0 Å². The summed E-state index contributed by atoms with van der Waals surface area (Å²) >= 11 is 0. The van der Waals surface area contributed by atoms with Gasteiger partial charge in [-0.25, -0.2) is 0 Å². The molecule has 2 heteroatoms. The number of hydrogen-bond donors (Lipinski definition) is 1. The lowest BCUT2D eigenvalue weighted by molar-refractivity contribution is 0.0980. The zero-order chi connectivity index (χ0) is 10.7. The zero-order valence-corrected chi connectivity index (χ0v) is 9.95. The minimum Gasteiger partial charge on any atom is -0.378 e. The molecule has 1 heterocycles. The van der Waals surface area contributed by atoms with Gasteiger partial charge in [-0.15, -0.1) is 0 Å². The molecule has 2 fully saturated rings. The molecule has 1 saturated heterocycles. The Morgan fingerprint density at radius 1 is 1.27 bits per heavy atom. The van der Waals surface area contributed by atoms with Crippen molar-refractivity contribution in [3.8, 4) is 0 Å². The van der Waals surface area contributed by atoms with Crippen molar-refractivity contribution in [1.82, 2.24) is 0 Å². The fourth-order valence-corrected chi connectivity index (χ4v) is 3.27. The first kappa shape index (κ1) is 11.4. The number of rotatable bonds is 4. The van der Waals surface area contributed by atoms with Crippen LogP contribution < -0.4 is 5.73 Å². The van der Waals surface area contributed by atoms with Gasteiger partial charge in [0.25, 0.3) is 0 Å². The van der Waals surface area contributed by atoms with Gasteiger partial charge in [0.15, 0.2) is 0 Å². The molecule has 0 bridgehead atoms. The quantitative estimate of drug-likeness (QED) is 0.776. The summed E-state index contributed by atoms with van der Waals surface area (Å²) in [4.78, 5) is 0. The molecule has 0 spiro atoms. The molecule has 15 heavy (non-hydrogen) atoms. The third-order valence-electron chi connectivity index (χ3n) is 4.32. The summed E-state index contributed by atoms with van der Waals surface area (Å²) in [6.45, 7) is 3.34. The van der Waals surface area contributed by atoms with Gasteiger partial charge in [-0.05, 0) is 43.9 Å². The highest BCUT2D eigenvalue weighted by molar-refractivity contribution is 4.83. The standard InChI is InChI=1S/C13H25NO/c1-10-4-2-6-12(10)13(14)8-7-11-5-3-9-15-11/h10-13H,2-9,14H2,1H3. The molecule has 0 radical (unpaired) electrons. The first-order valence-electron chi connectivity index (χ1n) is 6.64. The molecule has 0 aromatic rings. The Balaban J connectivity index is 1.69. The van der Waals surface area contributed by atoms with E-state index in [0.29, 0.717) is 12.1 Å². The SMILES string of the molecule is CC1CCCC1C(N)CCC1CCCO1. The van der Waals surface area contributed by atoms with E-state index in [1.54, 1.807) is 0 Å². The fraction of sp³-hybridized carbons (Fsp3) is 1.00. The van der Waals surface area contributed by atoms with E-state index < -0.39 is 0 Å². The van der Waals surface area contributed by atoms with E-state index in [1.807, 2.05) is 0 Å². The Bertz CT molecular complexity index is 189. The lowest BCUT2D eigenvalue weighted by Crippen LogP contribution is -2.32. The highest BCUT2D eigenvalue weighted by Gasteiger charge is 2.29. The van der Waals surface area contributed by atoms with E-state index in [1.165, 1.54) is 44.9 Å². The van der Waals surface area contributed by atoms with Crippen molar-refractivity contribution >= 4 is 0 Å². The van der Waals surface area contributed by atoms with Gasteiger partial charge in [-0.2, -0.15) is 0 Å². The smallest absolute Gasteiger partial charge is 0.0576 e. The van der Waals surface area contributed by atoms with Crippen LogP contribution in [0.3, 0.4) is 0 Å². The van der Waals surface area contributed by atoms with Crippen molar-refractivity contribution in [3.63, 3.8) is 0 Å². The summed E-state index contributed by atoms with van der Waals surface area (Å²) in [6.07, 6.45) is 9.51. The minimum absolute atomic E-state index is 0.423. The summed E-state index contributed by atoms with van der Waals surface area (Å²) in [5.41, 5.74) is 6.29. The van der Waals surface area contributed by atoms with E-state index in [0.717, 1.165) is 18.4 Å². The van der Waals surface area contributed by atoms with Gasteiger partial charge < -0.3 is 10.5 Å². The average Bonchev–Trinajstić information content (AvgIpc) is 2.84. The predicted molar refractivity (Wildman–Crippen MR) is 62.7 cm³/mol. The van der Waals surface area contributed by atoms with Crippen LogP contribution in [0.15, 0.2) is 0 Å². The maximum absolute atomic E-state index is 6.29. The summed E-state index contributed by atoms with van der Waals surface area (Å²) in [7, 11) is 0. The largest absolute Gasteiger partial charge is 0.378 e. The molecule has 4 atom stereocenters. The van der Waals surface area contributed by atoms with E-state index in [-0.39, 0.29) is 0 Å². The van der Waals surface area contributed by atoms with Crippen LogP contribution in [0.2, 0.25) is 0 Å². The van der Waals surface area contributed by atoms with Crippen molar-refractivity contribution in [2.24, 2.45) is 17.6 Å². The number of nitrogens with two attached hydrogens (primary N) is 1. The maximum atomic E-state index is 6.29. The molecule has 0 aromatic carbocycles. The van der Waals surface area contributed by atoms with Gasteiger partial charge in [-0.3, -0.25) is 0 Å². The molecule has 0 aromatic heterocycles. The van der Waals surface area contributed by atoms with Crippen LogP contribution in [0.5, 0.6) is 0 Å². The number of ether oxygens (including phenoxy) is 1. The first-order valence-corrected chi connectivity index (χ1v) is 6.64. The van der Waals surface area contributed by atoms with Crippen LogP contribution in [0.25, 0.3) is 0 Å². The van der Waals surface area contributed by atoms with Crippen LogP contribution in [0, 0.1) is 11.8 Å². The third-order valence-corrected chi connectivity index (χ3v) is 4.32. The molecule has 2 rings (SSSR count). The Morgan fingerprint density at radius 2 is 2.13 bits per heavy atom. The second kappa shape index (κ2) is 5.31. The summed E-state index contributed by atoms with van der Waals surface area (Å²) in [5, 5.41) is 0. The third kappa shape index (κ3) is 2.94. The highest BCUT2D eigenvalue weighted by Crippen LogP contribution is 2.34. The second-order valence-corrected chi connectivity index (χ2v) is 5.45. The van der Waals surface area contributed by atoms with E-state index in [2.05, 4.69) is 6.92 Å². The molecule has 2 N–H and O–H groups in total. The van der Waals surface area contributed by atoms with Crippen LogP contribution >= 0.6 is 0 Å². The molecular weight excluding hydrogens is 186 g/mol. The molecule has 4 unspecified atom stereocenters. The molecule has 2 aliphatic rings. The van der Waals surface area contributed by atoms with Crippen molar-refractivity contribution in [3.05, 3.63) is 0 Å². The molecule has 1 aliphatic heterocycles. The maximum Gasteiger partial charge on any atom is 0.0576 e. The Kier molecular flexibility index (Phi) is 4.04. The lowest BCUT2D eigenvalue weighted by Gasteiger charge is -2.24. The molecule has 88 valence electrons. The number of hydrogen-bond acceptors (Lipinski definition) is 2. The van der Waals surface area contributed by atoms with Crippen molar-refractivity contribution in [2.75, 3.05) is 6.61 Å². The molecule has 2 nitrogen and oxygen atoms in total. The molecule has 1 saturated carbocycles. The van der Waals surface area contributed by atoms with Crippen molar-refractivity contribution in [1.29, 1.82) is 0 Å². The second-order valence-electron chi connectivity index (χ2n) is 5.45. The minimum atomic E-state index is 0.423. The van der Waals surface area contributed by atoms with Gasteiger partial charge in [0.2, 0.25) is 0 Å². The molecule has 1 aliphatic carbocycles. The van der Waals surface area contributed by atoms with Gasteiger partial charge in [-0.1, -0.05) is 19.8 Å². The zero-order valence-electron chi connectivity index (χ0n) is 9.95. The van der Waals surface area contributed by atoms with Crippen LogP contribution in [0.1, 0.15) is 51.9 Å². The summed E-state index contributed by atoms with van der Waals surface area (Å²) in [6, 6.07) is 0.423. The van der Waals surface area contributed by atoms with Crippen LogP contribution in [-0.2, 0) is 4.74 Å². The average molecular weight is 211 g/mol. The predicted octanol–water partition coefficient (Wildman–Crippen LogP) is 2.71. The van der Waals surface area contributed by atoms with Crippen LogP contribution in [0.4, 0.5) is 0 Å². The van der Waals surface area contributed by atoms with E-state index in [9.17, 15) is 0 Å². The topological polar surface area (TPSA) is 35.2 Å². The Morgan fingerprint density at radius 3 is 2.73 bits per heavy atom. The van der Waals surface area contributed by atoms with E-state index in [4.69, 9.17) is 10.5 Å². The normalized spacial score (nSPS) is 38.4. The Hall–Kier alpha value is -0.0800. The Labute approximate surface area is 93.6 Å². The summed E-state index contributed by atoms with van der Waals surface area (Å²) < 4.78 is 5.64. The van der Waals surface area contributed by atoms with Gasteiger partial charge in [0.05, 0.1) is 6.10 Å². The van der Waals surface area contributed by atoms with Crippen LogP contribution in [-0.4, -0.2) is 18.8 Å². The van der Waals surface area contributed by atoms with E-state index >= 15 is 0 Å². The van der Waals surface area contributed by atoms with Gasteiger partial charge >= 0.3 is 0 Å². The summed E-state index contributed by atoms with van der Waals surface area (Å²) in [5.74, 6) is 1.64. The lowest BCUT2D eigenvalue weighted by atomic mass is 9.87. The van der Waals surface area contributed by atoms with Crippen molar-refractivity contribution < 1.29 is 4.74 Å². The molecular formula is C13H25NO. The highest BCUT2D eigenvalue weighted by atomic mass is 16.5. The monoisotopic (exact) mass is 211 g/mol. The fourth-order valence-electron chi connectivity index (χ4n) is 3.27. The van der Waals surface area contributed by atoms with Gasteiger partial charge in [0.1, 0.15) is 0 Å². The molecule has 0 amide bonds. The first-order chi connectivity index (χ1) is 7.27. The van der Waals surface area contributed by atoms with Gasteiger partial charge in [0, 0.05) is 12.6 Å².